The third-order valence-corrected chi connectivity index (χ3v) is 4.11. The van der Waals surface area contributed by atoms with Crippen LogP contribution in [0.5, 0.6) is 0 Å². The van der Waals surface area contributed by atoms with E-state index in [1.54, 1.807) is 0 Å². The Morgan fingerprint density at radius 2 is 2.10 bits per heavy atom. The lowest BCUT2D eigenvalue weighted by Gasteiger charge is -2.43. The molecule has 1 aliphatic carbocycles. The fourth-order valence-corrected chi connectivity index (χ4v) is 3.10. The van der Waals surface area contributed by atoms with Gasteiger partial charge in [-0.05, 0) is 12.8 Å². The molecule has 21 heavy (non-hydrogen) atoms. The van der Waals surface area contributed by atoms with Gasteiger partial charge in [-0.25, -0.2) is 4.79 Å². The van der Waals surface area contributed by atoms with Crippen LogP contribution in [0, 0.1) is 0 Å². The Morgan fingerprint density at radius 3 is 2.81 bits per heavy atom. The summed E-state index contributed by atoms with van der Waals surface area (Å²) in [4.78, 5) is 36.6. The van der Waals surface area contributed by atoms with E-state index in [4.69, 9.17) is 9.52 Å². The maximum Gasteiger partial charge on any atom is 0.338 e. The number of carboxylic acids is 1. The van der Waals surface area contributed by atoms with Gasteiger partial charge in [0.15, 0.2) is 5.76 Å². The topological polar surface area (TPSA) is 99.9 Å². The van der Waals surface area contributed by atoms with E-state index in [0.717, 1.165) is 31.9 Å². The lowest BCUT2D eigenvalue weighted by atomic mass is 9.87. The zero-order valence-corrected chi connectivity index (χ0v) is 11.4. The van der Waals surface area contributed by atoms with Crippen molar-refractivity contribution in [2.24, 2.45) is 0 Å². The zero-order valence-electron chi connectivity index (χ0n) is 11.4. The minimum Gasteiger partial charge on any atom is -0.478 e. The first-order valence-corrected chi connectivity index (χ1v) is 6.98. The SMILES string of the molecule is O=C1CN(C(=O)c2cc(C(=O)O)co2)C2CCCCC2N1. The van der Waals surface area contributed by atoms with Crippen molar-refractivity contribution in [2.45, 2.75) is 37.8 Å². The molecule has 0 spiro atoms. The predicted octanol–water partition coefficient (Wildman–Crippen LogP) is 0.861. The number of nitrogens with zero attached hydrogens (tertiary/aromatic N) is 1. The van der Waals surface area contributed by atoms with E-state index in [9.17, 15) is 14.4 Å². The van der Waals surface area contributed by atoms with Crippen LogP contribution in [-0.4, -0.2) is 46.4 Å². The van der Waals surface area contributed by atoms with Crippen molar-refractivity contribution in [3.63, 3.8) is 0 Å². The normalized spacial score (nSPS) is 25.1. The number of carboxylic acid groups (broad SMARTS) is 1. The molecule has 2 fully saturated rings. The fraction of sp³-hybridized carbons (Fsp3) is 0.500. The molecule has 1 saturated carbocycles. The Bertz CT molecular complexity index is 594. The molecule has 2 unspecified atom stereocenters. The Labute approximate surface area is 120 Å². The van der Waals surface area contributed by atoms with E-state index in [2.05, 4.69) is 5.32 Å². The molecular formula is C14H16N2O5. The van der Waals surface area contributed by atoms with Crippen LogP contribution in [0.3, 0.4) is 0 Å². The second-order valence-corrected chi connectivity index (χ2v) is 5.46. The molecule has 2 heterocycles. The first-order chi connectivity index (χ1) is 10.1. The van der Waals surface area contributed by atoms with Crippen LogP contribution in [0.25, 0.3) is 0 Å². The van der Waals surface area contributed by atoms with Gasteiger partial charge in [0.2, 0.25) is 5.91 Å². The first-order valence-electron chi connectivity index (χ1n) is 6.98. The second-order valence-electron chi connectivity index (χ2n) is 5.46. The molecule has 7 nitrogen and oxygen atoms in total. The number of rotatable bonds is 2. The summed E-state index contributed by atoms with van der Waals surface area (Å²) in [6.45, 7) is -0.0108. The van der Waals surface area contributed by atoms with Gasteiger partial charge in [0.05, 0.1) is 11.6 Å². The third kappa shape index (κ3) is 2.51. The van der Waals surface area contributed by atoms with E-state index in [1.165, 1.54) is 11.0 Å². The Hall–Kier alpha value is -2.31. The summed E-state index contributed by atoms with van der Waals surface area (Å²) in [7, 11) is 0. The molecule has 2 atom stereocenters. The van der Waals surface area contributed by atoms with E-state index >= 15 is 0 Å². The van der Waals surface area contributed by atoms with Crippen molar-refractivity contribution < 1.29 is 23.9 Å². The number of carbonyl (C=O) groups is 3. The molecule has 1 aromatic heterocycles. The van der Waals surface area contributed by atoms with Crippen LogP contribution in [0.1, 0.15) is 46.6 Å². The minimum absolute atomic E-state index is 0.0108. The van der Waals surface area contributed by atoms with Crippen LogP contribution < -0.4 is 5.32 Å². The highest BCUT2D eigenvalue weighted by atomic mass is 16.4. The molecule has 112 valence electrons. The highest BCUT2D eigenvalue weighted by Gasteiger charge is 2.39. The van der Waals surface area contributed by atoms with Gasteiger partial charge >= 0.3 is 5.97 Å². The van der Waals surface area contributed by atoms with Crippen molar-refractivity contribution in [3.8, 4) is 0 Å². The largest absolute Gasteiger partial charge is 0.478 e. The lowest BCUT2D eigenvalue weighted by molar-refractivity contribution is -0.127. The van der Waals surface area contributed by atoms with Crippen LogP contribution in [0.4, 0.5) is 0 Å². The molecule has 0 aromatic carbocycles. The third-order valence-electron chi connectivity index (χ3n) is 4.11. The number of hydrogen-bond donors (Lipinski definition) is 2. The van der Waals surface area contributed by atoms with Gasteiger partial charge in [0.25, 0.3) is 5.91 Å². The summed E-state index contributed by atoms with van der Waals surface area (Å²) in [6, 6.07) is 1.15. The standard InChI is InChI=1S/C14H16N2O5/c17-12-6-16(10-4-2-1-3-9(10)15-12)13(18)11-5-8(7-21-11)14(19)20/h5,7,9-10H,1-4,6H2,(H,15,17)(H,19,20). The molecule has 2 aliphatic rings. The number of amides is 2. The number of fused-ring (bicyclic) bond motifs is 1. The second kappa shape index (κ2) is 5.23. The van der Waals surface area contributed by atoms with Crippen LogP contribution in [0.15, 0.2) is 16.7 Å². The molecule has 7 heteroatoms. The van der Waals surface area contributed by atoms with Crippen molar-refractivity contribution >= 4 is 17.8 Å². The van der Waals surface area contributed by atoms with Crippen molar-refractivity contribution in [2.75, 3.05) is 6.54 Å². The van der Waals surface area contributed by atoms with Gasteiger partial charge in [0, 0.05) is 12.1 Å². The van der Waals surface area contributed by atoms with E-state index in [-0.39, 0.29) is 35.9 Å². The number of piperazine rings is 1. The van der Waals surface area contributed by atoms with Crippen molar-refractivity contribution in [1.82, 2.24) is 10.2 Å². The minimum atomic E-state index is -1.15. The first kappa shape index (κ1) is 13.7. The molecule has 0 radical (unpaired) electrons. The summed E-state index contributed by atoms with van der Waals surface area (Å²) in [6.07, 6.45) is 4.78. The van der Waals surface area contributed by atoms with Gasteiger partial charge in [0.1, 0.15) is 12.8 Å². The summed E-state index contributed by atoms with van der Waals surface area (Å²) in [5, 5.41) is 11.8. The van der Waals surface area contributed by atoms with Crippen LogP contribution in [-0.2, 0) is 4.79 Å². The highest BCUT2D eigenvalue weighted by Crippen LogP contribution is 2.27. The highest BCUT2D eigenvalue weighted by molar-refractivity contribution is 5.97. The number of nitrogens with one attached hydrogen (secondary N) is 1. The molecule has 1 aliphatic heterocycles. The van der Waals surface area contributed by atoms with Crippen LogP contribution >= 0.6 is 0 Å². The number of aromatic carboxylic acids is 1. The predicted molar refractivity (Wildman–Crippen MR) is 70.9 cm³/mol. The Balaban J connectivity index is 1.84. The number of furan rings is 1. The molecule has 1 aromatic rings. The average molecular weight is 292 g/mol. The van der Waals surface area contributed by atoms with E-state index in [1.807, 2.05) is 0 Å². The molecule has 2 amide bonds. The van der Waals surface area contributed by atoms with Crippen molar-refractivity contribution in [3.05, 3.63) is 23.7 Å². The summed E-state index contributed by atoms with van der Waals surface area (Å²) in [5.74, 6) is -1.79. The zero-order chi connectivity index (χ0) is 15.0. The summed E-state index contributed by atoms with van der Waals surface area (Å²) >= 11 is 0. The fourth-order valence-electron chi connectivity index (χ4n) is 3.10. The van der Waals surface area contributed by atoms with Gasteiger partial charge in [-0.1, -0.05) is 12.8 Å². The molecule has 2 N–H and O–H groups in total. The van der Waals surface area contributed by atoms with E-state index < -0.39 is 11.9 Å². The van der Waals surface area contributed by atoms with Crippen LogP contribution in [0.2, 0.25) is 0 Å². The molecule has 1 saturated heterocycles. The number of hydrogen-bond acceptors (Lipinski definition) is 4. The lowest BCUT2D eigenvalue weighted by Crippen LogP contribution is -2.62. The monoisotopic (exact) mass is 292 g/mol. The molecular weight excluding hydrogens is 276 g/mol. The number of carbonyl (C=O) groups excluding carboxylic acids is 2. The van der Waals surface area contributed by atoms with E-state index in [0.29, 0.717) is 0 Å². The quantitative estimate of drug-likeness (QED) is 0.842. The smallest absolute Gasteiger partial charge is 0.338 e. The van der Waals surface area contributed by atoms with Gasteiger partial charge < -0.3 is 19.7 Å². The molecule has 0 bridgehead atoms. The average Bonchev–Trinajstić information content (AvgIpc) is 2.95. The Kier molecular flexibility index (Phi) is 3.40. The van der Waals surface area contributed by atoms with Gasteiger partial charge in [-0.2, -0.15) is 0 Å². The maximum atomic E-state index is 12.5. The van der Waals surface area contributed by atoms with Crippen molar-refractivity contribution in [1.29, 1.82) is 0 Å². The van der Waals surface area contributed by atoms with Gasteiger partial charge in [-0.15, -0.1) is 0 Å². The molecule has 3 rings (SSSR count). The van der Waals surface area contributed by atoms with Gasteiger partial charge in [-0.3, -0.25) is 9.59 Å². The summed E-state index contributed by atoms with van der Waals surface area (Å²) < 4.78 is 5.05. The Morgan fingerprint density at radius 1 is 1.33 bits per heavy atom. The maximum absolute atomic E-state index is 12.5. The summed E-state index contributed by atoms with van der Waals surface area (Å²) in [5.41, 5.74) is -0.0694.